The van der Waals surface area contributed by atoms with Crippen molar-refractivity contribution in [3.05, 3.63) is 48.0 Å². The number of ether oxygens (including phenoxy) is 1. The van der Waals surface area contributed by atoms with E-state index in [0.29, 0.717) is 11.0 Å². The highest BCUT2D eigenvalue weighted by Gasteiger charge is 2.34. The van der Waals surface area contributed by atoms with Crippen LogP contribution in [0.4, 0.5) is 27.6 Å². The van der Waals surface area contributed by atoms with Crippen LogP contribution in [-0.4, -0.2) is 46.2 Å². The van der Waals surface area contributed by atoms with Gasteiger partial charge in [0, 0.05) is 18.3 Å². The number of halogens is 5. The first-order valence-corrected chi connectivity index (χ1v) is 10.1. The second-order valence-corrected chi connectivity index (χ2v) is 7.86. The molecule has 2 aromatic rings. The fourth-order valence-electron chi connectivity index (χ4n) is 2.66. The second-order valence-electron chi connectivity index (χ2n) is 6.17. The number of anilines is 1. The van der Waals surface area contributed by atoms with Crippen LogP contribution in [0.25, 0.3) is 0 Å². The van der Waals surface area contributed by atoms with Crippen molar-refractivity contribution in [1.82, 2.24) is 0 Å². The number of rotatable bonds is 6. The Labute approximate surface area is 179 Å². The molecule has 3 rings (SSSR count). The van der Waals surface area contributed by atoms with Crippen LogP contribution in [0.2, 0.25) is 0 Å². The highest BCUT2D eigenvalue weighted by atomic mass is 32.2. The first kappa shape index (κ1) is 25.5. The van der Waals surface area contributed by atoms with Gasteiger partial charge in [0.2, 0.25) is 6.29 Å². The average molecular weight is 482 g/mol. The average Bonchev–Trinajstić information content (AvgIpc) is 3.03. The SMILES string of the molecule is NCC1OB(O)c2cc(NS(=O)(=O)c3cccc(OC(F)F)c3)ccc21.O=CC(F)(F)F. The first-order chi connectivity index (χ1) is 14.9. The summed E-state index contributed by atoms with van der Waals surface area (Å²) in [5.74, 6) is -0.272. The minimum Gasteiger partial charge on any atom is -0.435 e. The molecule has 4 N–H and O–H groups in total. The number of hydrogen-bond donors (Lipinski definition) is 3. The van der Waals surface area contributed by atoms with Gasteiger partial charge in [-0.2, -0.15) is 22.0 Å². The lowest BCUT2D eigenvalue weighted by atomic mass is 9.79. The number of fused-ring (bicyclic) bond motifs is 1. The van der Waals surface area contributed by atoms with Crippen molar-refractivity contribution in [3.63, 3.8) is 0 Å². The molecule has 2 aromatic carbocycles. The van der Waals surface area contributed by atoms with E-state index in [4.69, 9.17) is 15.2 Å². The Morgan fingerprint density at radius 3 is 2.47 bits per heavy atom. The molecule has 0 bridgehead atoms. The molecular formula is C17H16BF5N2O6S. The maximum absolute atomic E-state index is 12.5. The minimum absolute atomic E-state index is 0.173. The number of benzene rings is 2. The van der Waals surface area contributed by atoms with Crippen LogP contribution >= 0.6 is 0 Å². The molecule has 8 nitrogen and oxygen atoms in total. The van der Waals surface area contributed by atoms with E-state index < -0.39 is 42.3 Å². The van der Waals surface area contributed by atoms with Crippen molar-refractivity contribution in [3.8, 4) is 5.75 Å². The molecule has 1 aliphatic heterocycles. The van der Waals surface area contributed by atoms with E-state index in [9.17, 15) is 35.4 Å². The highest BCUT2D eigenvalue weighted by Crippen LogP contribution is 2.26. The molecular weight excluding hydrogens is 466 g/mol. The van der Waals surface area contributed by atoms with Crippen molar-refractivity contribution in [2.24, 2.45) is 5.73 Å². The van der Waals surface area contributed by atoms with Gasteiger partial charge in [-0.1, -0.05) is 12.1 Å². The molecule has 0 aromatic heterocycles. The zero-order chi connectivity index (χ0) is 24.1. The lowest BCUT2D eigenvalue weighted by Gasteiger charge is -2.12. The van der Waals surface area contributed by atoms with Gasteiger partial charge in [0.1, 0.15) is 5.75 Å². The lowest BCUT2D eigenvalue weighted by molar-refractivity contribution is -0.156. The molecule has 1 atom stereocenters. The summed E-state index contributed by atoms with van der Waals surface area (Å²) in [7, 11) is -5.25. The third kappa shape index (κ3) is 6.88. The summed E-state index contributed by atoms with van der Waals surface area (Å²) in [6.45, 7) is -2.89. The van der Waals surface area contributed by atoms with Gasteiger partial charge in [-0.25, -0.2) is 8.42 Å². The summed E-state index contributed by atoms with van der Waals surface area (Å²) in [6.07, 6.45) is -6.17. The zero-order valence-corrected chi connectivity index (χ0v) is 16.7. The second kappa shape index (κ2) is 10.2. The molecule has 32 heavy (non-hydrogen) atoms. The molecule has 0 amide bonds. The summed E-state index contributed by atoms with van der Waals surface area (Å²) in [5, 5.41) is 9.90. The molecule has 0 radical (unpaired) electrons. The van der Waals surface area contributed by atoms with Crippen LogP contribution in [0.1, 0.15) is 11.7 Å². The van der Waals surface area contributed by atoms with Crippen molar-refractivity contribution >= 4 is 34.6 Å². The Kier molecular flexibility index (Phi) is 8.17. The van der Waals surface area contributed by atoms with E-state index in [2.05, 4.69) is 9.46 Å². The number of nitrogens with two attached hydrogens (primary N) is 1. The summed E-state index contributed by atoms with van der Waals surface area (Å²) >= 11 is 0. The Bertz CT molecular complexity index is 1050. The monoisotopic (exact) mass is 482 g/mol. The van der Waals surface area contributed by atoms with Crippen LogP contribution < -0.4 is 20.7 Å². The molecule has 174 valence electrons. The van der Waals surface area contributed by atoms with E-state index in [-0.39, 0.29) is 22.9 Å². The minimum atomic E-state index is -4.64. The predicted octanol–water partition coefficient (Wildman–Crippen LogP) is 1.55. The first-order valence-electron chi connectivity index (χ1n) is 8.64. The molecule has 0 fully saturated rings. The topological polar surface area (TPSA) is 128 Å². The van der Waals surface area contributed by atoms with Gasteiger partial charge in [0.25, 0.3) is 10.0 Å². The van der Waals surface area contributed by atoms with Gasteiger partial charge in [0.15, 0.2) is 0 Å². The molecule has 0 saturated carbocycles. The Morgan fingerprint density at radius 1 is 1.25 bits per heavy atom. The lowest BCUT2D eigenvalue weighted by Crippen LogP contribution is -2.28. The van der Waals surface area contributed by atoms with Crippen LogP contribution in [0.15, 0.2) is 47.4 Å². The van der Waals surface area contributed by atoms with E-state index in [0.717, 1.165) is 6.07 Å². The van der Waals surface area contributed by atoms with Crippen LogP contribution in [0.3, 0.4) is 0 Å². The van der Waals surface area contributed by atoms with Gasteiger partial charge in [-0.05, 0) is 35.3 Å². The van der Waals surface area contributed by atoms with Gasteiger partial charge in [0.05, 0.1) is 11.0 Å². The highest BCUT2D eigenvalue weighted by molar-refractivity contribution is 7.92. The number of carbonyl (C=O) groups is 1. The van der Waals surface area contributed by atoms with Gasteiger partial charge < -0.3 is 20.1 Å². The van der Waals surface area contributed by atoms with Gasteiger partial charge in [-0.15, -0.1) is 0 Å². The molecule has 1 unspecified atom stereocenters. The number of carbonyl (C=O) groups excluding carboxylic acids is 1. The Balaban J connectivity index is 0.000000534. The standard InChI is InChI=1S/C15H15BF2N2O5S.C2HF3O/c17-15(18)24-10-2-1-3-11(7-10)26(22,23)20-9-4-5-12-13(6-9)16(21)25-14(12)8-19;3-2(4,5)1-6/h1-7,14-15,20-21H,8,19H2;1H. The van der Waals surface area contributed by atoms with Crippen molar-refractivity contribution in [2.75, 3.05) is 11.3 Å². The maximum Gasteiger partial charge on any atom is 0.492 e. The fraction of sp³-hybridized carbons (Fsp3) is 0.235. The maximum atomic E-state index is 12.5. The quantitative estimate of drug-likeness (QED) is 0.324. The van der Waals surface area contributed by atoms with Crippen molar-refractivity contribution in [2.45, 2.75) is 23.8 Å². The molecule has 1 aliphatic rings. The third-order valence-electron chi connectivity index (χ3n) is 3.93. The van der Waals surface area contributed by atoms with Crippen LogP contribution in [-0.2, 0) is 19.5 Å². The normalized spacial score (nSPS) is 15.6. The molecule has 0 saturated heterocycles. The van der Waals surface area contributed by atoms with Crippen molar-refractivity contribution < 1.29 is 49.6 Å². The number of hydrogen-bond acceptors (Lipinski definition) is 7. The van der Waals surface area contributed by atoms with Crippen molar-refractivity contribution in [1.29, 1.82) is 0 Å². The third-order valence-corrected chi connectivity index (χ3v) is 5.31. The molecule has 0 aliphatic carbocycles. The number of alkyl halides is 5. The number of aldehydes is 1. The van der Waals surface area contributed by atoms with E-state index >= 15 is 0 Å². The van der Waals surface area contributed by atoms with E-state index in [1.807, 2.05) is 0 Å². The Morgan fingerprint density at radius 2 is 1.91 bits per heavy atom. The Hall–Kier alpha value is -2.75. The predicted molar refractivity (Wildman–Crippen MR) is 103 cm³/mol. The number of nitrogens with one attached hydrogen (secondary N) is 1. The van der Waals surface area contributed by atoms with Crippen LogP contribution in [0, 0.1) is 0 Å². The van der Waals surface area contributed by atoms with Crippen LogP contribution in [0.5, 0.6) is 5.75 Å². The largest absolute Gasteiger partial charge is 0.492 e. The van der Waals surface area contributed by atoms with Gasteiger partial charge in [-0.3, -0.25) is 9.52 Å². The summed E-state index contributed by atoms with van der Waals surface area (Å²) in [4.78, 5) is 8.46. The van der Waals surface area contributed by atoms with Gasteiger partial charge >= 0.3 is 19.9 Å². The molecule has 15 heteroatoms. The molecule has 1 heterocycles. The smallest absolute Gasteiger partial charge is 0.435 e. The zero-order valence-electron chi connectivity index (χ0n) is 15.9. The summed E-state index contributed by atoms with van der Waals surface area (Å²) in [5.41, 5.74) is 6.84. The summed E-state index contributed by atoms with van der Waals surface area (Å²) < 4.78 is 92.6. The van der Waals surface area contributed by atoms with E-state index in [1.54, 1.807) is 6.07 Å². The summed E-state index contributed by atoms with van der Waals surface area (Å²) in [6, 6.07) is 9.30. The number of sulfonamides is 1. The fourth-order valence-corrected chi connectivity index (χ4v) is 3.75. The van der Waals surface area contributed by atoms with E-state index in [1.165, 1.54) is 30.3 Å². The molecule has 0 spiro atoms.